The van der Waals surface area contributed by atoms with Gasteiger partial charge in [-0.1, -0.05) is 45.0 Å². The molecule has 0 aliphatic heterocycles. The lowest BCUT2D eigenvalue weighted by molar-refractivity contribution is 0.305. The Kier molecular flexibility index (Phi) is 3.79. The van der Waals surface area contributed by atoms with Crippen molar-refractivity contribution in [3.8, 4) is 11.5 Å². The summed E-state index contributed by atoms with van der Waals surface area (Å²) < 4.78 is 5.66. The molecule has 2 aromatic rings. The second-order valence-electron chi connectivity index (χ2n) is 5.73. The molecule has 0 heterocycles. The van der Waals surface area contributed by atoms with E-state index in [0.29, 0.717) is 6.61 Å². The Morgan fingerprint density at radius 1 is 0.895 bits per heavy atom. The number of phenols is 1. The normalized spacial score (nSPS) is 11.3. The molecule has 1 N–H and O–H groups in total. The molecule has 0 aliphatic rings. The van der Waals surface area contributed by atoms with Gasteiger partial charge >= 0.3 is 0 Å². The number of ether oxygens (including phenoxy) is 1. The zero-order valence-electron chi connectivity index (χ0n) is 11.7. The number of hydrogen-bond donors (Lipinski definition) is 1. The van der Waals surface area contributed by atoms with Crippen LogP contribution in [0, 0.1) is 0 Å². The number of benzene rings is 2. The minimum absolute atomic E-state index is 0.177. The van der Waals surface area contributed by atoms with Crippen LogP contribution < -0.4 is 4.74 Å². The minimum atomic E-state index is 0.177. The Balaban J connectivity index is 1.98. The van der Waals surface area contributed by atoms with E-state index in [1.54, 1.807) is 24.3 Å². The van der Waals surface area contributed by atoms with E-state index in [0.717, 1.165) is 11.3 Å². The van der Waals surface area contributed by atoms with Gasteiger partial charge in [-0.05, 0) is 40.8 Å². The van der Waals surface area contributed by atoms with E-state index in [1.807, 2.05) is 0 Å². The van der Waals surface area contributed by atoms with Gasteiger partial charge in [0.2, 0.25) is 0 Å². The molecule has 0 aromatic heterocycles. The first-order chi connectivity index (χ1) is 8.95. The molecule has 0 bridgehead atoms. The molecule has 2 rings (SSSR count). The zero-order chi connectivity index (χ0) is 13.9. The van der Waals surface area contributed by atoms with Crippen molar-refractivity contribution < 1.29 is 9.84 Å². The average Bonchev–Trinajstić information content (AvgIpc) is 2.37. The maximum absolute atomic E-state index is 9.19. The van der Waals surface area contributed by atoms with Gasteiger partial charge in [0.15, 0.2) is 0 Å². The fraction of sp³-hybridized carbons (Fsp3) is 0.294. The van der Waals surface area contributed by atoms with Crippen LogP contribution in [0.5, 0.6) is 11.5 Å². The molecule has 100 valence electrons. The molecule has 0 amide bonds. The van der Waals surface area contributed by atoms with E-state index in [9.17, 15) is 5.11 Å². The van der Waals surface area contributed by atoms with Gasteiger partial charge in [-0.2, -0.15) is 0 Å². The molecule has 0 saturated carbocycles. The van der Waals surface area contributed by atoms with Gasteiger partial charge in [0.1, 0.15) is 18.1 Å². The summed E-state index contributed by atoms with van der Waals surface area (Å²) in [7, 11) is 0. The van der Waals surface area contributed by atoms with Crippen LogP contribution >= 0.6 is 0 Å². The summed E-state index contributed by atoms with van der Waals surface area (Å²) in [4.78, 5) is 0. The lowest BCUT2D eigenvalue weighted by Crippen LogP contribution is -2.10. The first kappa shape index (κ1) is 13.5. The predicted molar refractivity (Wildman–Crippen MR) is 77.6 cm³/mol. The van der Waals surface area contributed by atoms with Crippen molar-refractivity contribution in [2.45, 2.75) is 32.8 Å². The van der Waals surface area contributed by atoms with Gasteiger partial charge in [-0.25, -0.2) is 0 Å². The summed E-state index contributed by atoms with van der Waals surface area (Å²) in [5.41, 5.74) is 2.64. The predicted octanol–water partition coefficient (Wildman–Crippen LogP) is 4.27. The lowest BCUT2D eigenvalue weighted by Gasteiger charge is -2.19. The van der Waals surface area contributed by atoms with Crippen LogP contribution in [-0.4, -0.2) is 5.11 Å². The molecule has 2 heteroatoms. The molecule has 0 radical (unpaired) electrons. The van der Waals surface area contributed by atoms with Gasteiger partial charge in [0.25, 0.3) is 0 Å². The van der Waals surface area contributed by atoms with Gasteiger partial charge in [0.05, 0.1) is 0 Å². The van der Waals surface area contributed by atoms with E-state index in [1.165, 1.54) is 5.56 Å². The van der Waals surface area contributed by atoms with Crippen LogP contribution in [0.2, 0.25) is 0 Å². The number of rotatable bonds is 3. The maximum atomic E-state index is 9.19. The number of hydrogen-bond acceptors (Lipinski definition) is 2. The first-order valence-electron chi connectivity index (χ1n) is 6.46. The smallest absolute Gasteiger partial charge is 0.120 e. The topological polar surface area (TPSA) is 29.5 Å². The van der Waals surface area contributed by atoms with Crippen molar-refractivity contribution in [1.82, 2.24) is 0 Å². The van der Waals surface area contributed by atoms with Crippen LogP contribution in [0.4, 0.5) is 0 Å². The fourth-order valence-electron chi connectivity index (χ4n) is 1.81. The molecule has 2 nitrogen and oxygen atoms in total. The van der Waals surface area contributed by atoms with E-state index < -0.39 is 0 Å². The quantitative estimate of drug-likeness (QED) is 0.888. The number of aromatic hydroxyl groups is 1. The van der Waals surface area contributed by atoms with Crippen LogP contribution in [-0.2, 0) is 12.0 Å². The van der Waals surface area contributed by atoms with Gasteiger partial charge < -0.3 is 9.84 Å². The van der Waals surface area contributed by atoms with Crippen molar-refractivity contribution >= 4 is 0 Å². The summed E-state index contributed by atoms with van der Waals surface area (Å²) in [5.74, 6) is 1.01. The molecule has 0 fully saturated rings. The monoisotopic (exact) mass is 256 g/mol. The van der Waals surface area contributed by atoms with Crippen LogP contribution in [0.3, 0.4) is 0 Å². The molecule has 0 atom stereocenters. The van der Waals surface area contributed by atoms with E-state index in [4.69, 9.17) is 4.74 Å². The third kappa shape index (κ3) is 3.75. The van der Waals surface area contributed by atoms with E-state index in [2.05, 4.69) is 45.0 Å². The third-order valence-electron chi connectivity index (χ3n) is 3.06. The standard InChI is InChI=1S/C17H20O2/c1-17(2,3)14-6-4-13(5-7-14)12-19-16-10-8-15(18)9-11-16/h4-11,18H,12H2,1-3H3. The van der Waals surface area contributed by atoms with Crippen LogP contribution in [0.25, 0.3) is 0 Å². The Morgan fingerprint density at radius 2 is 1.47 bits per heavy atom. The SMILES string of the molecule is CC(C)(C)c1ccc(COc2ccc(O)cc2)cc1. The van der Waals surface area contributed by atoms with Crippen molar-refractivity contribution in [3.05, 3.63) is 59.7 Å². The maximum Gasteiger partial charge on any atom is 0.120 e. The second kappa shape index (κ2) is 5.35. The molecular formula is C17H20O2. The third-order valence-corrected chi connectivity index (χ3v) is 3.06. The summed E-state index contributed by atoms with van der Waals surface area (Å²) in [5, 5.41) is 9.19. The highest BCUT2D eigenvalue weighted by Gasteiger charge is 2.12. The van der Waals surface area contributed by atoms with E-state index >= 15 is 0 Å². The van der Waals surface area contributed by atoms with E-state index in [-0.39, 0.29) is 11.2 Å². The van der Waals surface area contributed by atoms with Crippen molar-refractivity contribution in [1.29, 1.82) is 0 Å². The zero-order valence-corrected chi connectivity index (χ0v) is 11.7. The molecule has 19 heavy (non-hydrogen) atoms. The molecule has 0 unspecified atom stereocenters. The minimum Gasteiger partial charge on any atom is -0.508 e. The van der Waals surface area contributed by atoms with Crippen LogP contribution in [0.15, 0.2) is 48.5 Å². The Morgan fingerprint density at radius 3 is 2.00 bits per heavy atom. The lowest BCUT2D eigenvalue weighted by atomic mass is 9.87. The van der Waals surface area contributed by atoms with Gasteiger partial charge in [0, 0.05) is 0 Å². The molecule has 2 aromatic carbocycles. The van der Waals surface area contributed by atoms with Gasteiger partial charge in [-0.3, -0.25) is 0 Å². The highest BCUT2D eigenvalue weighted by atomic mass is 16.5. The highest BCUT2D eigenvalue weighted by Crippen LogP contribution is 2.23. The molecule has 0 spiro atoms. The summed E-state index contributed by atoms with van der Waals surface area (Å²) in [6.07, 6.45) is 0. The fourth-order valence-corrected chi connectivity index (χ4v) is 1.81. The summed E-state index contributed by atoms with van der Waals surface area (Å²) >= 11 is 0. The Bertz CT molecular complexity index is 519. The van der Waals surface area contributed by atoms with Crippen molar-refractivity contribution in [2.75, 3.05) is 0 Å². The Labute approximate surface area is 114 Å². The molecule has 0 aliphatic carbocycles. The molecule has 0 saturated heterocycles. The second-order valence-corrected chi connectivity index (χ2v) is 5.73. The highest BCUT2D eigenvalue weighted by molar-refractivity contribution is 5.31. The number of phenolic OH excluding ortho intramolecular Hbond substituents is 1. The Hall–Kier alpha value is -1.96. The van der Waals surface area contributed by atoms with Crippen molar-refractivity contribution in [2.24, 2.45) is 0 Å². The van der Waals surface area contributed by atoms with Crippen LogP contribution in [0.1, 0.15) is 31.9 Å². The molecular weight excluding hydrogens is 236 g/mol. The largest absolute Gasteiger partial charge is 0.508 e. The first-order valence-corrected chi connectivity index (χ1v) is 6.46. The van der Waals surface area contributed by atoms with Crippen molar-refractivity contribution in [3.63, 3.8) is 0 Å². The average molecular weight is 256 g/mol. The van der Waals surface area contributed by atoms with Gasteiger partial charge in [-0.15, -0.1) is 0 Å². The summed E-state index contributed by atoms with van der Waals surface area (Å²) in [6.45, 7) is 7.15. The summed E-state index contributed by atoms with van der Waals surface area (Å²) in [6, 6.07) is 15.3.